The molecule has 2 aliphatic rings. The van der Waals surface area contributed by atoms with Gasteiger partial charge < -0.3 is 5.73 Å². The summed E-state index contributed by atoms with van der Waals surface area (Å²) < 4.78 is 0. The van der Waals surface area contributed by atoms with Crippen LogP contribution in [-0.2, 0) is 0 Å². The number of nitrogens with zero attached hydrogens (tertiary/aromatic N) is 3. The molecule has 2 fully saturated rings. The summed E-state index contributed by atoms with van der Waals surface area (Å²) in [6.07, 6.45) is 4.35. The van der Waals surface area contributed by atoms with Gasteiger partial charge in [0.25, 0.3) is 0 Å². The molecule has 2 N–H and O–H groups in total. The van der Waals surface area contributed by atoms with Gasteiger partial charge in [-0.15, -0.1) is 0 Å². The van der Waals surface area contributed by atoms with Crippen molar-refractivity contribution in [1.29, 1.82) is 0 Å². The van der Waals surface area contributed by atoms with Gasteiger partial charge in [0.2, 0.25) is 0 Å². The molecule has 2 saturated carbocycles. The number of hydrogen-bond acceptors (Lipinski definition) is 2. The minimum absolute atomic E-state index is 0.0752. The van der Waals surface area contributed by atoms with E-state index in [9.17, 15) is 0 Å². The number of hydrogen-bond donors (Lipinski definition) is 1. The quantitative estimate of drug-likeness (QED) is 0.345. The summed E-state index contributed by atoms with van der Waals surface area (Å²) >= 11 is 0. The Kier molecular flexibility index (Phi) is 1.34. The highest BCUT2D eigenvalue weighted by Gasteiger charge is 2.48. The van der Waals surface area contributed by atoms with E-state index < -0.39 is 0 Å². The van der Waals surface area contributed by atoms with Crippen LogP contribution in [0, 0.1) is 5.92 Å². The Hall–Kier alpha value is -0.730. The molecule has 3 atom stereocenters. The smallest absolute Gasteiger partial charge is 0.0556 e. The van der Waals surface area contributed by atoms with Gasteiger partial charge in [-0.3, -0.25) is 0 Å². The highest BCUT2D eigenvalue weighted by atomic mass is 15.2. The Morgan fingerprint density at radius 3 is 2.91 bits per heavy atom. The number of azide groups is 1. The first kappa shape index (κ1) is 6.95. The third-order valence-corrected chi connectivity index (χ3v) is 3.10. The summed E-state index contributed by atoms with van der Waals surface area (Å²) in [6, 6.07) is 0.0752. The van der Waals surface area contributed by atoms with Gasteiger partial charge in [0.05, 0.1) is 6.04 Å². The van der Waals surface area contributed by atoms with E-state index in [1.165, 1.54) is 6.42 Å². The standard InChI is InChI=1S/C7H12N4/c8-7-2-1-5(4-7)3-6(7)10-11-9/h5-6H,1-4,8H2/t5-,6+,7+/m1/s1. The zero-order valence-electron chi connectivity index (χ0n) is 6.40. The normalized spacial score (nSPS) is 47.4. The monoisotopic (exact) mass is 152 g/mol. The predicted molar refractivity (Wildman–Crippen MR) is 41.8 cm³/mol. The van der Waals surface area contributed by atoms with Gasteiger partial charge in [-0.25, -0.2) is 0 Å². The van der Waals surface area contributed by atoms with Crippen LogP contribution in [0.3, 0.4) is 0 Å². The van der Waals surface area contributed by atoms with E-state index in [-0.39, 0.29) is 11.6 Å². The van der Waals surface area contributed by atoms with E-state index in [1.54, 1.807) is 0 Å². The maximum Gasteiger partial charge on any atom is 0.0556 e. The average Bonchev–Trinajstić information content (AvgIpc) is 2.44. The first-order chi connectivity index (χ1) is 5.24. The largest absolute Gasteiger partial charge is 0.325 e. The van der Waals surface area contributed by atoms with Crippen LogP contribution in [0.2, 0.25) is 0 Å². The van der Waals surface area contributed by atoms with E-state index in [2.05, 4.69) is 10.0 Å². The molecule has 0 spiro atoms. The van der Waals surface area contributed by atoms with E-state index in [0.717, 1.165) is 25.2 Å². The molecule has 0 saturated heterocycles. The van der Waals surface area contributed by atoms with Crippen molar-refractivity contribution in [3.63, 3.8) is 0 Å². The fourth-order valence-electron chi connectivity index (χ4n) is 2.49. The first-order valence-electron chi connectivity index (χ1n) is 4.08. The van der Waals surface area contributed by atoms with Crippen molar-refractivity contribution in [3.05, 3.63) is 10.4 Å². The van der Waals surface area contributed by atoms with Crippen LogP contribution in [0.15, 0.2) is 5.11 Å². The van der Waals surface area contributed by atoms with Gasteiger partial charge in [0.15, 0.2) is 0 Å². The average molecular weight is 152 g/mol. The Morgan fingerprint density at radius 2 is 2.45 bits per heavy atom. The molecule has 2 bridgehead atoms. The van der Waals surface area contributed by atoms with Crippen LogP contribution in [0.5, 0.6) is 0 Å². The van der Waals surface area contributed by atoms with Crippen molar-refractivity contribution in [2.75, 3.05) is 0 Å². The third-order valence-electron chi connectivity index (χ3n) is 3.10. The van der Waals surface area contributed by atoms with Crippen molar-refractivity contribution in [2.45, 2.75) is 37.3 Å². The fraction of sp³-hybridized carbons (Fsp3) is 1.00. The second-order valence-corrected chi connectivity index (χ2v) is 3.80. The summed E-state index contributed by atoms with van der Waals surface area (Å²) in [5.41, 5.74) is 14.2. The Bertz CT molecular complexity index is 220. The predicted octanol–water partition coefficient (Wildman–Crippen LogP) is 1.57. The van der Waals surface area contributed by atoms with Crippen LogP contribution in [0.1, 0.15) is 25.7 Å². The molecular weight excluding hydrogens is 140 g/mol. The second kappa shape index (κ2) is 2.13. The maximum absolute atomic E-state index is 8.27. The van der Waals surface area contributed by atoms with Crippen LogP contribution >= 0.6 is 0 Å². The molecule has 2 aliphatic carbocycles. The molecule has 0 aliphatic heterocycles. The molecule has 0 aromatic carbocycles. The summed E-state index contributed by atoms with van der Waals surface area (Å²) in [7, 11) is 0. The van der Waals surface area contributed by atoms with Crippen LogP contribution < -0.4 is 5.73 Å². The molecule has 4 heteroatoms. The zero-order valence-corrected chi connectivity index (χ0v) is 6.40. The van der Waals surface area contributed by atoms with Crippen molar-refractivity contribution >= 4 is 0 Å². The lowest BCUT2D eigenvalue weighted by Crippen LogP contribution is -2.44. The Morgan fingerprint density at radius 1 is 1.64 bits per heavy atom. The Labute approximate surface area is 65.4 Å². The highest BCUT2D eigenvalue weighted by Crippen LogP contribution is 2.47. The van der Waals surface area contributed by atoms with Gasteiger partial charge in [0.1, 0.15) is 0 Å². The van der Waals surface area contributed by atoms with Crippen molar-refractivity contribution in [1.82, 2.24) is 0 Å². The molecular formula is C7H12N4. The lowest BCUT2D eigenvalue weighted by Gasteiger charge is -2.27. The molecule has 60 valence electrons. The molecule has 0 amide bonds. The van der Waals surface area contributed by atoms with Crippen LogP contribution in [0.4, 0.5) is 0 Å². The van der Waals surface area contributed by atoms with Gasteiger partial charge in [-0.05, 0) is 37.1 Å². The molecule has 4 nitrogen and oxygen atoms in total. The molecule has 0 unspecified atom stereocenters. The summed E-state index contributed by atoms with van der Waals surface area (Å²) in [5.74, 6) is 0.732. The SMILES string of the molecule is [N-]=[N+]=N[C@H]1C[C@H]2CC[C@]1(N)C2. The second-order valence-electron chi connectivity index (χ2n) is 3.80. The van der Waals surface area contributed by atoms with Gasteiger partial charge in [-0.1, -0.05) is 5.11 Å². The van der Waals surface area contributed by atoms with Crippen LogP contribution in [0.25, 0.3) is 10.4 Å². The molecule has 0 aromatic heterocycles. The minimum atomic E-state index is -0.142. The van der Waals surface area contributed by atoms with Crippen molar-refractivity contribution in [2.24, 2.45) is 16.8 Å². The van der Waals surface area contributed by atoms with Gasteiger partial charge in [-0.2, -0.15) is 0 Å². The number of rotatable bonds is 1. The fourth-order valence-corrected chi connectivity index (χ4v) is 2.49. The first-order valence-corrected chi connectivity index (χ1v) is 4.08. The molecule has 11 heavy (non-hydrogen) atoms. The summed E-state index contributed by atoms with van der Waals surface area (Å²) in [6.45, 7) is 0. The van der Waals surface area contributed by atoms with E-state index in [4.69, 9.17) is 11.3 Å². The highest BCUT2D eigenvalue weighted by molar-refractivity contribution is 5.09. The third kappa shape index (κ3) is 0.905. The molecule has 0 aromatic rings. The van der Waals surface area contributed by atoms with Gasteiger partial charge >= 0.3 is 0 Å². The topological polar surface area (TPSA) is 74.8 Å². The number of fused-ring (bicyclic) bond motifs is 2. The van der Waals surface area contributed by atoms with Crippen molar-refractivity contribution in [3.8, 4) is 0 Å². The summed E-state index contributed by atoms with van der Waals surface area (Å²) in [4.78, 5) is 2.83. The summed E-state index contributed by atoms with van der Waals surface area (Å²) in [5, 5.41) is 3.73. The van der Waals surface area contributed by atoms with Crippen LogP contribution in [-0.4, -0.2) is 11.6 Å². The Balaban J connectivity index is 2.21. The number of nitrogens with two attached hydrogens (primary N) is 1. The van der Waals surface area contributed by atoms with Crippen molar-refractivity contribution < 1.29 is 0 Å². The lowest BCUT2D eigenvalue weighted by atomic mass is 9.90. The molecule has 0 heterocycles. The zero-order chi connectivity index (χ0) is 7.90. The molecule has 2 rings (SSSR count). The van der Waals surface area contributed by atoms with Gasteiger partial charge in [0, 0.05) is 10.5 Å². The molecule has 0 radical (unpaired) electrons. The minimum Gasteiger partial charge on any atom is -0.325 e. The van der Waals surface area contributed by atoms with E-state index >= 15 is 0 Å². The van der Waals surface area contributed by atoms with E-state index in [0.29, 0.717) is 0 Å². The maximum atomic E-state index is 8.27. The van der Waals surface area contributed by atoms with E-state index in [1.807, 2.05) is 0 Å². The lowest BCUT2D eigenvalue weighted by molar-refractivity contribution is 0.360.